The van der Waals surface area contributed by atoms with Crippen LogP contribution >= 0.6 is 0 Å². The molecule has 4 rings (SSSR count). The van der Waals surface area contributed by atoms with Gasteiger partial charge in [0.1, 0.15) is 0 Å². The van der Waals surface area contributed by atoms with Crippen LogP contribution in [-0.4, -0.2) is 58.9 Å². The normalized spacial score (nSPS) is 22.1. The fourth-order valence-corrected chi connectivity index (χ4v) is 4.23. The molecule has 2 aliphatic rings. The van der Waals surface area contributed by atoms with Crippen molar-refractivity contribution in [3.8, 4) is 6.07 Å². The number of rotatable bonds is 4. The van der Waals surface area contributed by atoms with Gasteiger partial charge < -0.3 is 14.5 Å². The third kappa shape index (κ3) is 3.47. The first-order valence-corrected chi connectivity index (χ1v) is 9.68. The SMILES string of the molecule is COC1C(=O)N(C2CCN(C(=O)c3ccc(C#N)cc3)CC2)C1c1ccncc1. The fourth-order valence-electron chi connectivity index (χ4n) is 4.23. The molecule has 2 aromatic rings. The van der Waals surface area contributed by atoms with Crippen LogP contribution in [0.2, 0.25) is 0 Å². The summed E-state index contributed by atoms with van der Waals surface area (Å²) in [7, 11) is 1.56. The summed E-state index contributed by atoms with van der Waals surface area (Å²) in [4.78, 5) is 33.2. The highest BCUT2D eigenvalue weighted by molar-refractivity contribution is 5.94. The number of piperidine rings is 1. The van der Waals surface area contributed by atoms with E-state index >= 15 is 0 Å². The number of likely N-dealkylation sites (tertiary alicyclic amines) is 2. The van der Waals surface area contributed by atoms with Crippen molar-refractivity contribution in [1.29, 1.82) is 5.26 Å². The zero-order chi connectivity index (χ0) is 20.4. The largest absolute Gasteiger partial charge is 0.369 e. The van der Waals surface area contributed by atoms with Gasteiger partial charge in [-0.1, -0.05) is 0 Å². The molecule has 1 aromatic heterocycles. The molecule has 2 unspecified atom stereocenters. The van der Waals surface area contributed by atoms with Crippen LogP contribution in [0.4, 0.5) is 0 Å². The van der Waals surface area contributed by atoms with Crippen molar-refractivity contribution >= 4 is 11.8 Å². The number of carbonyl (C=O) groups excluding carboxylic acids is 2. The first kappa shape index (κ1) is 19.1. The van der Waals surface area contributed by atoms with Crippen molar-refractivity contribution in [3.05, 3.63) is 65.5 Å². The molecule has 2 fully saturated rings. The standard InChI is InChI=1S/C22H22N4O3/c1-29-20-19(16-6-10-24-11-7-16)26(22(20)28)18-8-12-25(13-9-18)21(27)17-4-2-15(14-23)3-5-17/h2-7,10-11,18-20H,8-9,12-13H2,1H3. The average Bonchev–Trinajstić information content (AvgIpc) is 2.78. The van der Waals surface area contributed by atoms with E-state index in [1.807, 2.05) is 21.9 Å². The highest BCUT2D eigenvalue weighted by Gasteiger charge is 2.51. The van der Waals surface area contributed by atoms with Crippen LogP contribution in [0.3, 0.4) is 0 Å². The van der Waals surface area contributed by atoms with Gasteiger partial charge in [-0.05, 0) is 54.8 Å². The molecule has 1 aromatic carbocycles. The van der Waals surface area contributed by atoms with Crippen molar-refractivity contribution in [2.45, 2.75) is 31.0 Å². The van der Waals surface area contributed by atoms with E-state index in [1.165, 1.54) is 0 Å². The predicted octanol–water partition coefficient (Wildman–Crippen LogP) is 2.16. The second kappa shape index (κ2) is 8.02. The Balaban J connectivity index is 1.42. The van der Waals surface area contributed by atoms with Gasteiger partial charge in [0.25, 0.3) is 11.8 Å². The van der Waals surface area contributed by atoms with Crippen molar-refractivity contribution in [1.82, 2.24) is 14.8 Å². The smallest absolute Gasteiger partial charge is 0.255 e. The quantitative estimate of drug-likeness (QED) is 0.747. The highest BCUT2D eigenvalue weighted by atomic mass is 16.5. The van der Waals surface area contributed by atoms with Gasteiger partial charge in [0, 0.05) is 44.2 Å². The van der Waals surface area contributed by atoms with Gasteiger partial charge in [-0.2, -0.15) is 5.26 Å². The lowest BCUT2D eigenvalue weighted by atomic mass is 9.86. The minimum atomic E-state index is -0.462. The monoisotopic (exact) mass is 390 g/mol. The van der Waals surface area contributed by atoms with Crippen molar-refractivity contribution < 1.29 is 14.3 Å². The van der Waals surface area contributed by atoms with Gasteiger partial charge in [-0.25, -0.2) is 0 Å². The lowest BCUT2D eigenvalue weighted by Crippen LogP contribution is -2.64. The van der Waals surface area contributed by atoms with Crippen LogP contribution in [0, 0.1) is 11.3 Å². The molecule has 0 saturated carbocycles. The molecule has 2 amide bonds. The first-order chi connectivity index (χ1) is 14.1. The van der Waals surface area contributed by atoms with E-state index < -0.39 is 6.10 Å². The number of amides is 2. The topological polar surface area (TPSA) is 86.5 Å². The highest BCUT2D eigenvalue weighted by Crippen LogP contribution is 2.40. The Morgan fingerprint density at radius 3 is 2.38 bits per heavy atom. The maximum absolute atomic E-state index is 12.7. The van der Waals surface area contributed by atoms with Gasteiger partial charge in [0.15, 0.2) is 6.10 Å². The van der Waals surface area contributed by atoms with E-state index in [9.17, 15) is 9.59 Å². The molecular formula is C22H22N4O3. The second-order valence-electron chi connectivity index (χ2n) is 7.34. The molecule has 2 atom stereocenters. The number of ether oxygens (including phenoxy) is 1. The third-order valence-corrected chi connectivity index (χ3v) is 5.79. The third-order valence-electron chi connectivity index (χ3n) is 5.79. The number of methoxy groups -OCH3 is 1. The number of carbonyl (C=O) groups is 2. The van der Waals surface area contributed by atoms with E-state index in [-0.39, 0.29) is 23.9 Å². The molecule has 29 heavy (non-hydrogen) atoms. The molecule has 2 aliphatic heterocycles. The average molecular weight is 390 g/mol. The minimum Gasteiger partial charge on any atom is -0.369 e. The molecule has 0 spiro atoms. The lowest BCUT2D eigenvalue weighted by molar-refractivity contribution is -0.178. The second-order valence-corrected chi connectivity index (χ2v) is 7.34. The maximum atomic E-state index is 12.7. The summed E-state index contributed by atoms with van der Waals surface area (Å²) in [5.41, 5.74) is 2.13. The van der Waals surface area contributed by atoms with Crippen LogP contribution in [-0.2, 0) is 9.53 Å². The Labute approximate surface area is 169 Å². The van der Waals surface area contributed by atoms with Gasteiger partial charge in [0.2, 0.25) is 0 Å². The zero-order valence-corrected chi connectivity index (χ0v) is 16.2. The van der Waals surface area contributed by atoms with Crippen molar-refractivity contribution in [3.63, 3.8) is 0 Å². The van der Waals surface area contributed by atoms with Crippen LogP contribution in [0.25, 0.3) is 0 Å². The molecule has 0 aliphatic carbocycles. The van der Waals surface area contributed by atoms with Gasteiger partial charge in [0.05, 0.1) is 17.7 Å². The summed E-state index contributed by atoms with van der Waals surface area (Å²) in [5.74, 6) is -0.0329. The molecule has 148 valence electrons. The Hall–Kier alpha value is -3.24. The number of nitrogens with zero attached hydrogens (tertiary/aromatic N) is 4. The van der Waals surface area contributed by atoms with Gasteiger partial charge in [-0.3, -0.25) is 14.6 Å². The number of nitriles is 1. The number of benzene rings is 1. The van der Waals surface area contributed by atoms with E-state index in [4.69, 9.17) is 10.00 Å². The molecule has 3 heterocycles. The van der Waals surface area contributed by atoms with E-state index in [0.717, 1.165) is 18.4 Å². The summed E-state index contributed by atoms with van der Waals surface area (Å²) in [6.45, 7) is 1.18. The molecule has 0 N–H and O–H groups in total. The van der Waals surface area contributed by atoms with E-state index in [2.05, 4.69) is 11.1 Å². The van der Waals surface area contributed by atoms with Crippen LogP contribution < -0.4 is 0 Å². The maximum Gasteiger partial charge on any atom is 0.255 e. The Bertz CT molecular complexity index is 931. The first-order valence-electron chi connectivity index (χ1n) is 9.68. The van der Waals surface area contributed by atoms with Gasteiger partial charge >= 0.3 is 0 Å². The number of β-lactam (4-membered cyclic amide) rings is 1. The molecule has 0 radical (unpaired) electrons. The molecular weight excluding hydrogens is 368 g/mol. The summed E-state index contributed by atoms with van der Waals surface area (Å²) in [5, 5.41) is 8.90. The summed E-state index contributed by atoms with van der Waals surface area (Å²) in [6.07, 6.45) is 4.44. The lowest BCUT2D eigenvalue weighted by Gasteiger charge is -2.52. The van der Waals surface area contributed by atoms with E-state index in [0.29, 0.717) is 24.2 Å². The zero-order valence-electron chi connectivity index (χ0n) is 16.2. The summed E-state index contributed by atoms with van der Waals surface area (Å²) < 4.78 is 5.42. The van der Waals surface area contributed by atoms with Crippen molar-refractivity contribution in [2.24, 2.45) is 0 Å². The number of pyridine rings is 1. The number of aromatic nitrogens is 1. The molecule has 0 bridgehead atoms. The van der Waals surface area contributed by atoms with Gasteiger partial charge in [-0.15, -0.1) is 0 Å². The van der Waals surface area contributed by atoms with Crippen LogP contribution in [0.5, 0.6) is 0 Å². The predicted molar refractivity (Wildman–Crippen MR) is 105 cm³/mol. The molecule has 2 saturated heterocycles. The minimum absolute atomic E-state index is 0.00572. The summed E-state index contributed by atoms with van der Waals surface area (Å²) in [6, 6.07) is 12.6. The van der Waals surface area contributed by atoms with Crippen LogP contribution in [0.15, 0.2) is 48.8 Å². The number of hydrogen-bond acceptors (Lipinski definition) is 5. The fraction of sp³-hybridized carbons (Fsp3) is 0.364. The molecule has 7 heteroatoms. The Morgan fingerprint density at radius 1 is 1.14 bits per heavy atom. The van der Waals surface area contributed by atoms with Crippen molar-refractivity contribution in [2.75, 3.05) is 20.2 Å². The van der Waals surface area contributed by atoms with Crippen LogP contribution in [0.1, 0.15) is 40.4 Å². The summed E-state index contributed by atoms with van der Waals surface area (Å²) >= 11 is 0. The Kier molecular flexibility index (Phi) is 5.28. The number of hydrogen-bond donors (Lipinski definition) is 0. The van der Waals surface area contributed by atoms with E-state index in [1.54, 1.807) is 43.8 Å². The Morgan fingerprint density at radius 2 is 1.79 bits per heavy atom. The molecule has 7 nitrogen and oxygen atoms in total.